The summed E-state index contributed by atoms with van der Waals surface area (Å²) < 4.78 is 34.3. The van der Waals surface area contributed by atoms with Crippen LogP contribution in [0.1, 0.15) is 22.3 Å². The van der Waals surface area contributed by atoms with Crippen LogP contribution in [0.25, 0.3) is 22.0 Å². The van der Waals surface area contributed by atoms with Crippen LogP contribution in [0.4, 0.5) is 8.78 Å². The van der Waals surface area contributed by atoms with Crippen molar-refractivity contribution in [3.05, 3.63) is 95.9 Å². The van der Waals surface area contributed by atoms with Crippen molar-refractivity contribution in [1.82, 2.24) is 14.9 Å². The molecular weight excluding hydrogens is 412 g/mol. The van der Waals surface area contributed by atoms with Crippen LogP contribution in [0.2, 0.25) is 0 Å². The predicted octanol–water partition coefficient (Wildman–Crippen LogP) is 4.79. The zero-order valence-corrected chi connectivity index (χ0v) is 17.0. The van der Waals surface area contributed by atoms with Gasteiger partial charge in [0.25, 0.3) is 5.91 Å². The third-order valence-electron chi connectivity index (χ3n) is 5.55. The Morgan fingerprint density at radius 2 is 1.75 bits per heavy atom. The lowest BCUT2D eigenvalue weighted by Gasteiger charge is -2.32. The van der Waals surface area contributed by atoms with E-state index in [1.165, 1.54) is 18.2 Å². The molecule has 5 rings (SSSR count). The summed E-state index contributed by atoms with van der Waals surface area (Å²) >= 11 is 0. The van der Waals surface area contributed by atoms with Crippen molar-refractivity contribution in [2.45, 2.75) is 6.10 Å². The zero-order valence-electron chi connectivity index (χ0n) is 17.0. The van der Waals surface area contributed by atoms with Crippen LogP contribution in [-0.2, 0) is 4.74 Å². The van der Waals surface area contributed by atoms with Gasteiger partial charge < -0.3 is 9.64 Å². The Kier molecular flexibility index (Phi) is 5.33. The van der Waals surface area contributed by atoms with E-state index < -0.39 is 17.7 Å². The largest absolute Gasteiger partial charge is 0.368 e. The van der Waals surface area contributed by atoms with Crippen LogP contribution < -0.4 is 0 Å². The summed E-state index contributed by atoms with van der Waals surface area (Å²) in [5.41, 5.74) is 0.895. The minimum absolute atomic E-state index is 0.181. The Hall–Kier alpha value is -3.71. The van der Waals surface area contributed by atoms with Crippen LogP contribution >= 0.6 is 0 Å². The second-order valence-corrected chi connectivity index (χ2v) is 7.54. The normalized spacial score (nSPS) is 16.3. The number of fused-ring (bicyclic) bond motifs is 1. The van der Waals surface area contributed by atoms with E-state index in [1.54, 1.807) is 29.3 Å². The molecular formula is C25H19F2N3O2. The lowest BCUT2D eigenvalue weighted by atomic mass is 10.1. The molecule has 1 fully saturated rings. The standard InChI is InChI=1S/C25H19F2N3O2/c26-18-7-3-8-19(27)23(18)21-10-4-9-20(29-21)22-15-30(13-14-32-22)25(31)24-17-6-2-1-5-16(17)11-12-28-24/h1-12,22H,13-15H2/t22-/m1/s1. The first-order valence-electron chi connectivity index (χ1n) is 10.3. The molecule has 1 atom stereocenters. The maximum atomic E-state index is 14.2. The summed E-state index contributed by atoms with van der Waals surface area (Å²) in [6.45, 7) is 1.00. The number of hydrogen-bond acceptors (Lipinski definition) is 4. The smallest absolute Gasteiger partial charge is 0.273 e. The third kappa shape index (κ3) is 3.71. The zero-order chi connectivity index (χ0) is 22.1. The topological polar surface area (TPSA) is 55.3 Å². The van der Waals surface area contributed by atoms with Gasteiger partial charge in [-0.2, -0.15) is 0 Å². The van der Waals surface area contributed by atoms with E-state index in [0.717, 1.165) is 10.8 Å². The number of carbonyl (C=O) groups excluding carboxylic acids is 1. The molecule has 5 nitrogen and oxygen atoms in total. The van der Waals surface area contributed by atoms with Crippen LogP contribution in [0.3, 0.4) is 0 Å². The van der Waals surface area contributed by atoms with Crippen molar-refractivity contribution in [1.29, 1.82) is 0 Å². The molecule has 3 heterocycles. The number of amides is 1. The molecule has 0 spiro atoms. The fourth-order valence-electron chi connectivity index (χ4n) is 3.97. The van der Waals surface area contributed by atoms with Crippen molar-refractivity contribution < 1.29 is 18.3 Å². The van der Waals surface area contributed by atoms with E-state index in [-0.39, 0.29) is 23.7 Å². The second kappa shape index (κ2) is 8.43. The summed E-state index contributed by atoms with van der Waals surface area (Å²) in [6.07, 6.45) is 1.11. The van der Waals surface area contributed by atoms with Crippen molar-refractivity contribution in [3.8, 4) is 11.3 Å². The number of benzene rings is 2. The van der Waals surface area contributed by atoms with Gasteiger partial charge in [-0.05, 0) is 35.7 Å². The fourth-order valence-corrected chi connectivity index (χ4v) is 3.97. The number of hydrogen-bond donors (Lipinski definition) is 0. The number of ether oxygens (including phenoxy) is 1. The van der Waals surface area contributed by atoms with Crippen LogP contribution in [-0.4, -0.2) is 40.5 Å². The van der Waals surface area contributed by atoms with Crippen LogP contribution in [0.15, 0.2) is 72.9 Å². The highest BCUT2D eigenvalue weighted by Crippen LogP contribution is 2.28. The van der Waals surface area contributed by atoms with Gasteiger partial charge in [0.15, 0.2) is 0 Å². The molecule has 1 saturated heterocycles. The SMILES string of the molecule is O=C(c1nccc2ccccc12)N1CCO[C@@H](c2cccc(-c3c(F)cccc3F)n2)C1. The summed E-state index contributed by atoms with van der Waals surface area (Å²) in [7, 11) is 0. The van der Waals surface area contributed by atoms with Gasteiger partial charge in [-0.3, -0.25) is 9.78 Å². The van der Waals surface area contributed by atoms with E-state index in [9.17, 15) is 13.6 Å². The number of aromatic nitrogens is 2. The lowest BCUT2D eigenvalue weighted by Crippen LogP contribution is -2.42. The molecule has 1 aliphatic heterocycles. The molecule has 1 aliphatic rings. The second-order valence-electron chi connectivity index (χ2n) is 7.54. The molecule has 0 aliphatic carbocycles. The van der Waals surface area contributed by atoms with E-state index >= 15 is 0 Å². The van der Waals surface area contributed by atoms with E-state index in [0.29, 0.717) is 24.5 Å². The van der Waals surface area contributed by atoms with Crippen LogP contribution in [0, 0.1) is 11.6 Å². The Balaban J connectivity index is 1.43. The number of nitrogens with zero attached hydrogens (tertiary/aromatic N) is 3. The molecule has 2 aromatic heterocycles. The Morgan fingerprint density at radius 3 is 2.59 bits per heavy atom. The highest BCUT2D eigenvalue weighted by atomic mass is 19.1. The molecule has 7 heteroatoms. The van der Waals surface area contributed by atoms with Gasteiger partial charge in [-0.25, -0.2) is 13.8 Å². The summed E-state index contributed by atoms with van der Waals surface area (Å²) in [4.78, 5) is 23.7. The Labute approximate surface area is 183 Å². The quantitative estimate of drug-likeness (QED) is 0.468. The predicted molar refractivity (Wildman–Crippen MR) is 116 cm³/mol. The van der Waals surface area contributed by atoms with Crippen molar-refractivity contribution >= 4 is 16.7 Å². The highest BCUT2D eigenvalue weighted by Gasteiger charge is 2.29. The molecule has 4 aromatic rings. The molecule has 0 unspecified atom stereocenters. The lowest BCUT2D eigenvalue weighted by molar-refractivity contribution is -0.0248. The molecule has 1 amide bonds. The average Bonchev–Trinajstić information content (AvgIpc) is 2.83. The first-order chi connectivity index (χ1) is 15.6. The summed E-state index contributed by atoms with van der Waals surface area (Å²) in [5.74, 6) is -1.55. The maximum Gasteiger partial charge on any atom is 0.273 e. The molecule has 0 N–H and O–H groups in total. The van der Waals surface area contributed by atoms with Crippen molar-refractivity contribution in [3.63, 3.8) is 0 Å². The number of carbonyl (C=O) groups is 1. The molecule has 160 valence electrons. The van der Waals surface area contributed by atoms with Gasteiger partial charge in [0.2, 0.25) is 0 Å². The van der Waals surface area contributed by atoms with Gasteiger partial charge in [0.05, 0.1) is 30.1 Å². The van der Waals surface area contributed by atoms with Gasteiger partial charge in [-0.1, -0.05) is 36.4 Å². The average molecular weight is 431 g/mol. The minimum Gasteiger partial charge on any atom is -0.368 e. The number of morpholine rings is 1. The number of rotatable bonds is 3. The van der Waals surface area contributed by atoms with Crippen molar-refractivity contribution in [2.24, 2.45) is 0 Å². The Morgan fingerprint density at radius 1 is 0.969 bits per heavy atom. The summed E-state index contributed by atoms with van der Waals surface area (Å²) in [6, 6.07) is 18.1. The maximum absolute atomic E-state index is 14.2. The Bertz CT molecular complexity index is 1290. The molecule has 0 radical (unpaired) electrons. The minimum atomic E-state index is -0.682. The fraction of sp³-hybridized carbons (Fsp3) is 0.160. The van der Waals surface area contributed by atoms with Gasteiger partial charge in [0.1, 0.15) is 23.4 Å². The molecule has 32 heavy (non-hydrogen) atoms. The van der Waals surface area contributed by atoms with E-state index in [2.05, 4.69) is 9.97 Å². The third-order valence-corrected chi connectivity index (χ3v) is 5.55. The highest BCUT2D eigenvalue weighted by molar-refractivity contribution is 6.05. The van der Waals surface area contributed by atoms with E-state index in [4.69, 9.17) is 4.74 Å². The molecule has 0 saturated carbocycles. The number of halogens is 2. The first kappa shape index (κ1) is 20.2. The van der Waals surface area contributed by atoms with Crippen molar-refractivity contribution in [2.75, 3.05) is 19.7 Å². The molecule has 0 bridgehead atoms. The van der Waals surface area contributed by atoms with Gasteiger partial charge in [-0.15, -0.1) is 0 Å². The summed E-state index contributed by atoms with van der Waals surface area (Å²) in [5, 5.41) is 1.73. The van der Waals surface area contributed by atoms with E-state index in [1.807, 2.05) is 30.3 Å². The molecule has 2 aromatic carbocycles. The first-order valence-corrected chi connectivity index (χ1v) is 10.3. The monoisotopic (exact) mass is 431 g/mol. The van der Waals surface area contributed by atoms with Gasteiger partial charge >= 0.3 is 0 Å². The number of pyridine rings is 2. The van der Waals surface area contributed by atoms with Crippen LogP contribution in [0.5, 0.6) is 0 Å². The van der Waals surface area contributed by atoms with Gasteiger partial charge in [0, 0.05) is 18.1 Å².